The van der Waals surface area contributed by atoms with E-state index in [9.17, 15) is 9.18 Å². The average Bonchev–Trinajstić information content (AvgIpc) is 2.79. The lowest BCUT2D eigenvalue weighted by atomic mass is 10.3. The molecule has 112 valence electrons. The Kier molecular flexibility index (Phi) is 4.63. The predicted molar refractivity (Wildman–Crippen MR) is 75.4 cm³/mol. The first kappa shape index (κ1) is 15.1. The van der Waals surface area contributed by atoms with Crippen LogP contribution in [-0.4, -0.2) is 26.0 Å². The van der Waals surface area contributed by atoms with Crippen molar-refractivity contribution in [3.8, 4) is 5.75 Å². The second-order valence-electron chi connectivity index (χ2n) is 4.17. The Balaban J connectivity index is 2.00. The Morgan fingerprint density at radius 2 is 2.10 bits per heavy atom. The summed E-state index contributed by atoms with van der Waals surface area (Å²) in [6.45, 7) is 1.72. The molecule has 0 aliphatic rings. The van der Waals surface area contributed by atoms with Gasteiger partial charge in [0.1, 0.15) is 18.2 Å². The van der Waals surface area contributed by atoms with Gasteiger partial charge in [0.25, 0.3) is 0 Å². The summed E-state index contributed by atoms with van der Waals surface area (Å²) in [6, 6.07) is 5.57. The first-order chi connectivity index (χ1) is 9.97. The molecule has 0 spiro atoms. The number of thioether (sulfide) groups is 1. The van der Waals surface area contributed by atoms with Gasteiger partial charge in [-0.3, -0.25) is 4.79 Å². The van der Waals surface area contributed by atoms with Crippen LogP contribution in [0, 0.1) is 5.82 Å². The van der Waals surface area contributed by atoms with Crippen molar-refractivity contribution in [2.45, 2.75) is 23.9 Å². The molecule has 1 heterocycles. The number of aromatic nitrogens is 3. The molecule has 0 fully saturated rings. The van der Waals surface area contributed by atoms with Crippen LogP contribution in [0.4, 0.5) is 4.39 Å². The summed E-state index contributed by atoms with van der Waals surface area (Å²) >= 11 is 1.11. The molecule has 0 radical (unpaired) electrons. The number of rotatable bonds is 6. The maximum Gasteiger partial charge on any atom is 0.230 e. The van der Waals surface area contributed by atoms with Gasteiger partial charge in [0.05, 0.1) is 5.25 Å². The number of carbonyl (C=O) groups is 1. The summed E-state index contributed by atoms with van der Waals surface area (Å²) in [4.78, 5) is 11.0. The SMILES string of the molecule is CC(Sc1nnc(COc2ccc(F)cc2)n1N)C(N)=O. The average molecular weight is 311 g/mol. The zero-order chi connectivity index (χ0) is 15.4. The highest BCUT2D eigenvalue weighted by Gasteiger charge is 2.17. The van der Waals surface area contributed by atoms with Gasteiger partial charge >= 0.3 is 0 Å². The highest BCUT2D eigenvalue weighted by molar-refractivity contribution is 8.00. The maximum atomic E-state index is 12.8. The number of nitrogen functional groups attached to an aromatic ring is 1. The normalized spacial score (nSPS) is 12.1. The quantitative estimate of drug-likeness (QED) is 0.599. The van der Waals surface area contributed by atoms with Crippen LogP contribution in [0.15, 0.2) is 29.4 Å². The first-order valence-electron chi connectivity index (χ1n) is 6.01. The minimum absolute atomic E-state index is 0.0701. The monoisotopic (exact) mass is 311 g/mol. The molecule has 0 saturated carbocycles. The largest absolute Gasteiger partial charge is 0.486 e. The number of nitrogens with zero attached hydrogens (tertiary/aromatic N) is 3. The smallest absolute Gasteiger partial charge is 0.230 e. The lowest BCUT2D eigenvalue weighted by molar-refractivity contribution is -0.117. The van der Waals surface area contributed by atoms with Crippen LogP contribution in [0.5, 0.6) is 5.75 Å². The fourth-order valence-corrected chi connectivity index (χ4v) is 2.12. The highest BCUT2D eigenvalue weighted by atomic mass is 32.2. The number of primary amides is 1. The van der Waals surface area contributed by atoms with E-state index in [0.717, 1.165) is 11.8 Å². The van der Waals surface area contributed by atoms with Gasteiger partial charge < -0.3 is 16.3 Å². The van der Waals surface area contributed by atoms with Crippen molar-refractivity contribution in [3.63, 3.8) is 0 Å². The number of halogens is 1. The standard InChI is InChI=1S/C12H14FN5O2S/c1-7(11(14)19)21-12-17-16-10(18(12)15)6-20-9-4-2-8(13)3-5-9/h2-5,7H,6,15H2,1H3,(H2,14,19). The van der Waals surface area contributed by atoms with Crippen LogP contribution in [0.25, 0.3) is 0 Å². The van der Waals surface area contributed by atoms with Crippen molar-refractivity contribution in [1.29, 1.82) is 0 Å². The van der Waals surface area contributed by atoms with Gasteiger partial charge in [0.2, 0.25) is 11.1 Å². The van der Waals surface area contributed by atoms with E-state index >= 15 is 0 Å². The van der Waals surface area contributed by atoms with Crippen LogP contribution in [0.3, 0.4) is 0 Å². The summed E-state index contributed by atoms with van der Waals surface area (Å²) in [5, 5.41) is 7.63. The fraction of sp³-hybridized carbons (Fsp3) is 0.250. The van der Waals surface area contributed by atoms with E-state index in [1.807, 2.05) is 0 Å². The van der Waals surface area contributed by atoms with Gasteiger partial charge in [0, 0.05) is 0 Å². The van der Waals surface area contributed by atoms with Crippen molar-refractivity contribution < 1.29 is 13.9 Å². The van der Waals surface area contributed by atoms with E-state index in [1.54, 1.807) is 6.92 Å². The molecule has 0 bridgehead atoms. The number of amides is 1. The van der Waals surface area contributed by atoms with E-state index in [2.05, 4.69) is 10.2 Å². The molecular formula is C12H14FN5O2S. The summed E-state index contributed by atoms with van der Waals surface area (Å²) in [7, 11) is 0. The second kappa shape index (κ2) is 6.44. The Bertz CT molecular complexity index is 631. The molecule has 1 aromatic carbocycles. The van der Waals surface area contributed by atoms with Crippen LogP contribution < -0.4 is 16.3 Å². The summed E-state index contributed by atoms with van der Waals surface area (Å²) in [6.07, 6.45) is 0. The van der Waals surface area contributed by atoms with E-state index in [0.29, 0.717) is 16.7 Å². The van der Waals surface area contributed by atoms with Crippen molar-refractivity contribution >= 4 is 17.7 Å². The number of carbonyl (C=O) groups excluding carboxylic acids is 1. The maximum absolute atomic E-state index is 12.8. The zero-order valence-electron chi connectivity index (χ0n) is 11.2. The molecule has 1 atom stereocenters. The van der Waals surface area contributed by atoms with Gasteiger partial charge in [-0.25, -0.2) is 9.07 Å². The lowest BCUT2D eigenvalue weighted by Gasteiger charge is -2.07. The molecule has 1 amide bonds. The minimum Gasteiger partial charge on any atom is -0.486 e. The van der Waals surface area contributed by atoms with Crippen LogP contribution >= 0.6 is 11.8 Å². The van der Waals surface area contributed by atoms with Crippen molar-refractivity contribution in [2.75, 3.05) is 5.84 Å². The molecule has 1 unspecified atom stereocenters. The number of hydrogen-bond donors (Lipinski definition) is 2. The van der Waals surface area contributed by atoms with Gasteiger partial charge in [-0.05, 0) is 31.2 Å². The van der Waals surface area contributed by atoms with Gasteiger partial charge in [0.15, 0.2) is 5.82 Å². The first-order valence-corrected chi connectivity index (χ1v) is 6.89. The molecule has 2 rings (SSSR count). The summed E-state index contributed by atoms with van der Waals surface area (Å²) < 4.78 is 19.4. The lowest BCUT2D eigenvalue weighted by Crippen LogP contribution is -2.24. The van der Waals surface area contributed by atoms with E-state index in [1.165, 1.54) is 28.9 Å². The number of ether oxygens (including phenoxy) is 1. The molecule has 1 aromatic heterocycles. The van der Waals surface area contributed by atoms with Gasteiger partial charge in [-0.15, -0.1) is 10.2 Å². The van der Waals surface area contributed by atoms with Gasteiger partial charge in [-0.2, -0.15) is 0 Å². The molecule has 7 nitrogen and oxygen atoms in total. The van der Waals surface area contributed by atoms with Crippen LogP contribution in [0.2, 0.25) is 0 Å². The molecule has 2 aromatic rings. The Morgan fingerprint density at radius 3 is 2.71 bits per heavy atom. The van der Waals surface area contributed by atoms with Crippen molar-refractivity contribution in [2.24, 2.45) is 5.73 Å². The van der Waals surface area contributed by atoms with Crippen molar-refractivity contribution in [1.82, 2.24) is 14.9 Å². The topological polar surface area (TPSA) is 109 Å². The highest BCUT2D eigenvalue weighted by Crippen LogP contribution is 2.20. The third kappa shape index (κ3) is 3.85. The molecule has 4 N–H and O–H groups in total. The second-order valence-corrected chi connectivity index (χ2v) is 5.48. The third-order valence-electron chi connectivity index (χ3n) is 2.60. The molecule has 9 heteroatoms. The molecular weight excluding hydrogens is 297 g/mol. The Morgan fingerprint density at radius 1 is 1.43 bits per heavy atom. The fourth-order valence-electron chi connectivity index (χ4n) is 1.38. The van der Waals surface area contributed by atoms with Crippen molar-refractivity contribution in [3.05, 3.63) is 35.9 Å². The molecule has 21 heavy (non-hydrogen) atoms. The van der Waals surface area contributed by atoms with Gasteiger partial charge in [-0.1, -0.05) is 11.8 Å². The minimum atomic E-state index is -0.470. The molecule has 0 saturated heterocycles. The van der Waals surface area contributed by atoms with Crippen LogP contribution in [-0.2, 0) is 11.4 Å². The molecule has 0 aliphatic heterocycles. The third-order valence-corrected chi connectivity index (χ3v) is 3.67. The van der Waals surface area contributed by atoms with E-state index < -0.39 is 11.2 Å². The number of benzene rings is 1. The molecule has 0 aliphatic carbocycles. The zero-order valence-corrected chi connectivity index (χ0v) is 12.0. The van der Waals surface area contributed by atoms with E-state index in [-0.39, 0.29) is 12.4 Å². The Hall–Kier alpha value is -2.29. The van der Waals surface area contributed by atoms with Crippen LogP contribution in [0.1, 0.15) is 12.7 Å². The number of hydrogen-bond acceptors (Lipinski definition) is 6. The Labute approximate surface area is 124 Å². The predicted octanol–water partition coefficient (Wildman–Crippen LogP) is 0.676. The summed E-state index contributed by atoms with van der Waals surface area (Å²) in [5.41, 5.74) is 5.17. The van der Waals surface area contributed by atoms with E-state index in [4.69, 9.17) is 16.3 Å². The summed E-state index contributed by atoms with van der Waals surface area (Å²) in [5.74, 6) is 5.87. The number of nitrogens with two attached hydrogens (primary N) is 2.